The highest BCUT2D eigenvalue weighted by molar-refractivity contribution is 7.99. The Hall–Kier alpha value is -3.20. The SMILES string of the molecule is CCn1c(SCC(=O)Nc2cccc([N+](=O)[O-])c2)nnc1-c1cccc(C)c1. The summed E-state index contributed by atoms with van der Waals surface area (Å²) in [4.78, 5) is 22.6. The third kappa shape index (κ3) is 4.55. The maximum atomic E-state index is 12.2. The van der Waals surface area contributed by atoms with Crippen molar-refractivity contribution < 1.29 is 9.72 Å². The number of nitro benzene ring substituents is 1. The molecule has 0 bridgehead atoms. The fourth-order valence-corrected chi connectivity index (χ4v) is 3.50. The van der Waals surface area contributed by atoms with Crippen LogP contribution in [0.1, 0.15) is 12.5 Å². The van der Waals surface area contributed by atoms with Gasteiger partial charge in [0.1, 0.15) is 0 Å². The summed E-state index contributed by atoms with van der Waals surface area (Å²) in [6.07, 6.45) is 0. The molecule has 0 aliphatic heterocycles. The predicted octanol–water partition coefficient (Wildman–Crippen LogP) is 3.91. The first-order chi connectivity index (χ1) is 13.5. The van der Waals surface area contributed by atoms with Gasteiger partial charge in [0.05, 0.1) is 10.7 Å². The average molecular weight is 397 g/mol. The number of carbonyl (C=O) groups excluding carboxylic acids is 1. The van der Waals surface area contributed by atoms with Crippen LogP contribution in [0, 0.1) is 17.0 Å². The molecule has 28 heavy (non-hydrogen) atoms. The van der Waals surface area contributed by atoms with E-state index in [-0.39, 0.29) is 17.3 Å². The number of anilines is 1. The van der Waals surface area contributed by atoms with Crippen molar-refractivity contribution in [3.8, 4) is 11.4 Å². The van der Waals surface area contributed by atoms with Crippen LogP contribution in [-0.4, -0.2) is 31.3 Å². The largest absolute Gasteiger partial charge is 0.325 e. The number of aryl methyl sites for hydroxylation is 1. The Morgan fingerprint density at radius 1 is 1.21 bits per heavy atom. The van der Waals surface area contributed by atoms with E-state index >= 15 is 0 Å². The number of aromatic nitrogens is 3. The smallest absolute Gasteiger partial charge is 0.271 e. The normalized spacial score (nSPS) is 10.6. The first-order valence-electron chi connectivity index (χ1n) is 8.65. The molecule has 3 aromatic rings. The van der Waals surface area contributed by atoms with Crippen molar-refractivity contribution in [1.29, 1.82) is 0 Å². The number of rotatable bonds is 7. The lowest BCUT2D eigenvalue weighted by atomic mass is 10.1. The fraction of sp³-hybridized carbons (Fsp3) is 0.211. The molecule has 1 N–H and O–H groups in total. The zero-order chi connectivity index (χ0) is 20.1. The van der Waals surface area contributed by atoms with Crippen LogP contribution in [0.15, 0.2) is 53.7 Å². The summed E-state index contributed by atoms with van der Waals surface area (Å²) in [5, 5.41) is 22.6. The van der Waals surface area contributed by atoms with Gasteiger partial charge in [-0.05, 0) is 26.0 Å². The second-order valence-corrected chi connectivity index (χ2v) is 7.01. The van der Waals surface area contributed by atoms with Crippen LogP contribution in [0.5, 0.6) is 0 Å². The van der Waals surface area contributed by atoms with Gasteiger partial charge >= 0.3 is 0 Å². The molecule has 1 aromatic heterocycles. The zero-order valence-corrected chi connectivity index (χ0v) is 16.3. The highest BCUT2D eigenvalue weighted by Crippen LogP contribution is 2.25. The van der Waals surface area contributed by atoms with E-state index < -0.39 is 4.92 Å². The number of nitrogens with one attached hydrogen (secondary N) is 1. The van der Waals surface area contributed by atoms with Crippen molar-refractivity contribution in [3.63, 3.8) is 0 Å². The van der Waals surface area contributed by atoms with Gasteiger partial charge in [-0.2, -0.15) is 0 Å². The number of thioether (sulfide) groups is 1. The van der Waals surface area contributed by atoms with E-state index in [4.69, 9.17) is 0 Å². The molecule has 3 rings (SSSR count). The number of amides is 1. The minimum atomic E-state index is -0.499. The van der Waals surface area contributed by atoms with Gasteiger partial charge in [0.15, 0.2) is 11.0 Å². The molecule has 0 radical (unpaired) electrons. The van der Waals surface area contributed by atoms with Gasteiger partial charge in [-0.3, -0.25) is 14.9 Å². The molecule has 1 amide bonds. The molecule has 0 aliphatic rings. The van der Waals surface area contributed by atoms with Gasteiger partial charge < -0.3 is 9.88 Å². The molecule has 8 nitrogen and oxygen atoms in total. The van der Waals surface area contributed by atoms with Gasteiger partial charge in [0.25, 0.3) is 5.69 Å². The molecule has 0 atom stereocenters. The number of nitrogens with zero attached hydrogens (tertiary/aromatic N) is 4. The molecule has 0 saturated heterocycles. The van der Waals surface area contributed by atoms with Crippen molar-refractivity contribution in [1.82, 2.24) is 14.8 Å². The summed E-state index contributed by atoms with van der Waals surface area (Å²) in [6, 6.07) is 13.9. The molecular weight excluding hydrogens is 378 g/mol. The fourth-order valence-electron chi connectivity index (χ4n) is 2.70. The van der Waals surface area contributed by atoms with Gasteiger partial charge in [0.2, 0.25) is 5.91 Å². The van der Waals surface area contributed by atoms with Crippen molar-refractivity contribution >= 4 is 29.0 Å². The van der Waals surface area contributed by atoms with Gasteiger partial charge in [-0.1, -0.05) is 41.6 Å². The zero-order valence-electron chi connectivity index (χ0n) is 15.5. The Morgan fingerprint density at radius 2 is 2.00 bits per heavy atom. The predicted molar refractivity (Wildman–Crippen MR) is 108 cm³/mol. The Morgan fingerprint density at radius 3 is 2.71 bits per heavy atom. The topological polar surface area (TPSA) is 103 Å². The first kappa shape index (κ1) is 19.6. The minimum Gasteiger partial charge on any atom is -0.325 e. The van der Waals surface area contributed by atoms with Crippen molar-refractivity contribution in [2.75, 3.05) is 11.1 Å². The Labute approximate surface area is 166 Å². The van der Waals surface area contributed by atoms with Gasteiger partial charge in [0, 0.05) is 29.9 Å². The number of nitro groups is 1. The van der Waals surface area contributed by atoms with E-state index in [0.29, 0.717) is 17.4 Å². The highest BCUT2D eigenvalue weighted by Gasteiger charge is 2.15. The molecule has 0 spiro atoms. The standard InChI is InChI=1S/C19H19N5O3S/c1-3-23-18(14-7-4-6-13(2)10-14)21-22-19(23)28-12-17(25)20-15-8-5-9-16(11-15)24(26)27/h4-11H,3,12H2,1-2H3,(H,20,25). The van der Waals surface area contributed by atoms with Crippen LogP contribution < -0.4 is 5.32 Å². The number of carbonyl (C=O) groups is 1. The highest BCUT2D eigenvalue weighted by atomic mass is 32.2. The van der Waals surface area contributed by atoms with Crippen LogP contribution in [-0.2, 0) is 11.3 Å². The molecule has 0 fully saturated rings. The van der Waals surface area contributed by atoms with Crippen LogP contribution in [0.3, 0.4) is 0 Å². The van der Waals surface area contributed by atoms with Crippen LogP contribution in [0.25, 0.3) is 11.4 Å². The molecule has 1 heterocycles. The molecule has 2 aromatic carbocycles. The molecule has 0 aliphatic carbocycles. The quantitative estimate of drug-likeness (QED) is 0.368. The van der Waals surface area contributed by atoms with E-state index in [1.54, 1.807) is 6.07 Å². The van der Waals surface area contributed by atoms with Crippen LogP contribution in [0.2, 0.25) is 0 Å². The van der Waals surface area contributed by atoms with E-state index in [9.17, 15) is 14.9 Å². The molecular formula is C19H19N5O3S. The molecule has 0 unspecified atom stereocenters. The monoisotopic (exact) mass is 397 g/mol. The molecule has 9 heteroatoms. The summed E-state index contributed by atoms with van der Waals surface area (Å²) in [5.41, 5.74) is 2.42. The second kappa shape index (κ2) is 8.66. The minimum absolute atomic E-state index is 0.0704. The maximum Gasteiger partial charge on any atom is 0.271 e. The third-order valence-electron chi connectivity index (χ3n) is 3.98. The van der Waals surface area contributed by atoms with Gasteiger partial charge in [-0.25, -0.2) is 0 Å². The Balaban J connectivity index is 1.68. The summed E-state index contributed by atoms with van der Waals surface area (Å²) in [5.74, 6) is 0.607. The van der Waals surface area contributed by atoms with E-state index in [2.05, 4.69) is 15.5 Å². The number of non-ortho nitro benzene ring substituents is 1. The maximum absolute atomic E-state index is 12.2. The first-order valence-corrected chi connectivity index (χ1v) is 9.64. The number of benzene rings is 2. The van der Waals surface area contributed by atoms with Gasteiger partial charge in [-0.15, -0.1) is 10.2 Å². The van der Waals surface area contributed by atoms with Crippen molar-refractivity contribution in [3.05, 3.63) is 64.2 Å². The third-order valence-corrected chi connectivity index (χ3v) is 4.95. The summed E-state index contributed by atoms with van der Waals surface area (Å²) in [7, 11) is 0. The summed E-state index contributed by atoms with van der Waals surface area (Å²) >= 11 is 1.27. The van der Waals surface area contributed by atoms with E-state index in [1.165, 1.54) is 30.0 Å². The van der Waals surface area contributed by atoms with Crippen LogP contribution >= 0.6 is 11.8 Å². The second-order valence-electron chi connectivity index (χ2n) is 6.06. The number of hydrogen-bond acceptors (Lipinski definition) is 6. The lowest BCUT2D eigenvalue weighted by Crippen LogP contribution is -2.14. The van der Waals surface area contributed by atoms with Crippen LogP contribution in [0.4, 0.5) is 11.4 Å². The Bertz CT molecular complexity index is 1020. The summed E-state index contributed by atoms with van der Waals surface area (Å²) < 4.78 is 1.96. The lowest BCUT2D eigenvalue weighted by molar-refractivity contribution is -0.384. The lowest BCUT2D eigenvalue weighted by Gasteiger charge is -2.08. The molecule has 144 valence electrons. The molecule has 0 saturated carbocycles. The van der Waals surface area contributed by atoms with E-state index in [0.717, 1.165) is 17.0 Å². The van der Waals surface area contributed by atoms with Crippen molar-refractivity contribution in [2.24, 2.45) is 0 Å². The van der Waals surface area contributed by atoms with E-state index in [1.807, 2.05) is 42.7 Å². The Kier molecular flexibility index (Phi) is 6.05. The number of hydrogen-bond donors (Lipinski definition) is 1. The van der Waals surface area contributed by atoms with Crippen molar-refractivity contribution in [2.45, 2.75) is 25.5 Å². The summed E-state index contributed by atoms with van der Waals surface area (Å²) in [6.45, 7) is 4.69. The average Bonchev–Trinajstić information content (AvgIpc) is 3.09.